The Bertz CT molecular complexity index is 622. The molecule has 112 valence electrons. The lowest BCUT2D eigenvalue weighted by molar-refractivity contribution is 0.0956. The van der Waals surface area contributed by atoms with Gasteiger partial charge >= 0.3 is 0 Å². The molecule has 4 N–H and O–H groups in total. The van der Waals surface area contributed by atoms with Crippen molar-refractivity contribution in [2.24, 2.45) is 0 Å². The summed E-state index contributed by atoms with van der Waals surface area (Å²) in [7, 11) is 0. The molecule has 2 aromatic rings. The van der Waals surface area contributed by atoms with Gasteiger partial charge in [-0.25, -0.2) is 0 Å². The minimum Gasteiger partial charge on any atom is -0.399 e. The molecule has 0 aliphatic heterocycles. The van der Waals surface area contributed by atoms with Crippen LogP contribution in [-0.2, 0) is 13.1 Å². The van der Waals surface area contributed by atoms with E-state index in [1.54, 1.807) is 24.5 Å². The van der Waals surface area contributed by atoms with Crippen LogP contribution in [0.5, 0.6) is 0 Å². The maximum Gasteiger partial charge on any atom is 0.253 e. The van der Waals surface area contributed by atoms with Crippen LogP contribution in [0.2, 0.25) is 0 Å². The number of carbonyl (C=O) groups excluding carboxylic acids is 1. The van der Waals surface area contributed by atoms with Crippen LogP contribution < -0.4 is 16.4 Å². The summed E-state index contributed by atoms with van der Waals surface area (Å²) in [5.41, 5.74) is 7.65. The van der Waals surface area contributed by atoms with E-state index in [1.807, 2.05) is 18.4 Å². The molecular formula is C14H20N6O. The third-order valence-corrected chi connectivity index (χ3v) is 3.10. The molecule has 0 radical (unpaired) electrons. The van der Waals surface area contributed by atoms with Gasteiger partial charge in [-0.1, -0.05) is 0 Å². The Morgan fingerprint density at radius 1 is 1.38 bits per heavy atom. The van der Waals surface area contributed by atoms with E-state index in [1.165, 1.54) is 0 Å². The molecule has 0 saturated heterocycles. The van der Waals surface area contributed by atoms with Crippen LogP contribution in [0.3, 0.4) is 0 Å². The largest absolute Gasteiger partial charge is 0.399 e. The van der Waals surface area contributed by atoms with Crippen molar-refractivity contribution >= 4 is 17.3 Å². The molecule has 1 amide bonds. The van der Waals surface area contributed by atoms with Crippen LogP contribution in [0.15, 0.2) is 24.5 Å². The molecule has 0 bridgehead atoms. The fraction of sp³-hybridized carbons (Fsp3) is 0.357. The summed E-state index contributed by atoms with van der Waals surface area (Å²) in [6.45, 7) is 5.75. The second-order valence-corrected chi connectivity index (χ2v) is 4.55. The van der Waals surface area contributed by atoms with Crippen molar-refractivity contribution in [3.63, 3.8) is 0 Å². The van der Waals surface area contributed by atoms with E-state index in [4.69, 9.17) is 5.73 Å². The summed E-state index contributed by atoms with van der Waals surface area (Å²) in [5, 5.41) is 13.9. The number of nitrogens with two attached hydrogens (primary N) is 1. The van der Waals surface area contributed by atoms with Crippen LogP contribution >= 0.6 is 0 Å². The lowest BCUT2D eigenvalue weighted by atomic mass is 10.1. The highest BCUT2D eigenvalue weighted by Gasteiger charge is 2.12. The van der Waals surface area contributed by atoms with Crippen molar-refractivity contribution in [2.75, 3.05) is 17.6 Å². The van der Waals surface area contributed by atoms with E-state index < -0.39 is 0 Å². The van der Waals surface area contributed by atoms with Gasteiger partial charge in [0.25, 0.3) is 5.91 Å². The van der Waals surface area contributed by atoms with Crippen LogP contribution in [0.4, 0.5) is 11.4 Å². The van der Waals surface area contributed by atoms with Gasteiger partial charge in [-0.15, -0.1) is 10.2 Å². The minimum atomic E-state index is -0.128. The van der Waals surface area contributed by atoms with Gasteiger partial charge in [-0.3, -0.25) is 4.79 Å². The summed E-state index contributed by atoms with van der Waals surface area (Å²) in [6, 6.07) is 5.18. The second kappa shape index (κ2) is 6.74. The van der Waals surface area contributed by atoms with E-state index in [9.17, 15) is 4.79 Å². The Morgan fingerprint density at radius 2 is 2.19 bits per heavy atom. The number of benzene rings is 1. The van der Waals surface area contributed by atoms with Crippen LogP contribution in [0.25, 0.3) is 0 Å². The average Bonchev–Trinajstić information content (AvgIpc) is 2.92. The summed E-state index contributed by atoms with van der Waals surface area (Å²) >= 11 is 0. The molecule has 1 heterocycles. The monoisotopic (exact) mass is 288 g/mol. The van der Waals surface area contributed by atoms with E-state index >= 15 is 0 Å². The smallest absolute Gasteiger partial charge is 0.253 e. The predicted octanol–water partition coefficient (Wildman–Crippen LogP) is 1.24. The zero-order valence-electron chi connectivity index (χ0n) is 12.3. The van der Waals surface area contributed by atoms with E-state index in [0.717, 1.165) is 12.4 Å². The van der Waals surface area contributed by atoms with E-state index in [0.29, 0.717) is 30.0 Å². The number of amides is 1. The lowest BCUT2D eigenvalue weighted by Gasteiger charge is -2.12. The van der Waals surface area contributed by atoms with Crippen molar-refractivity contribution in [3.05, 3.63) is 35.9 Å². The minimum absolute atomic E-state index is 0.128. The normalized spacial score (nSPS) is 10.4. The molecule has 0 aliphatic rings. The zero-order valence-corrected chi connectivity index (χ0v) is 12.3. The third-order valence-electron chi connectivity index (χ3n) is 3.10. The number of anilines is 2. The van der Waals surface area contributed by atoms with Gasteiger partial charge in [0.05, 0.1) is 12.1 Å². The quantitative estimate of drug-likeness (QED) is 0.695. The molecule has 0 fully saturated rings. The third kappa shape index (κ3) is 3.50. The Balaban J connectivity index is 2.18. The number of nitrogens with zero attached hydrogens (tertiary/aromatic N) is 3. The van der Waals surface area contributed by atoms with Gasteiger partial charge in [0.1, 0.15) is 6.33 Å². The van der Waals surface area contributed by atoms with Crippen molar-refractivity contribution in [3.8, 4) is 0 Å². The highest BCUT2D eigenvalue weighted by Crippen LogP contribution is 2.20. The molecule has 1 aromatic carbocycles. The molecule has 0 aliphatic carbocycles. The first-order chi connectivity index (χ1) is 10.2. The average molecular weight is 288 g/mol. The summed E-state index contributed by atoms with van der Waals surface area (Å²) < 4.78 is 1.94. The highest BCUT2D eigenvalue weighted by molar-refractivity contribution is 6.00. The van der Waals surface area contributed by atoms with Gasteiger partial charge in [0, 0.05) is 24.5 Å². The summed E-state index contributed by atoms with van der Waals surface area (Å²) in [5.74, 6) is 0.679. The van der Waals surface area contributed by atoms with Gasteiger partial charge in [-0.2, -0.15) is 0 Å². The number of hydrogen-bond acceptors (Lipinski definition) is 5. The van der Waals surface area contributed by atoms with Crippen LogP contribution in [0, 0.1) is 0 Å². The Kier molecular flexibility index (Phi) is 4.76. The van der Waals surface area contributed by atoms with E-state index in [2.05, 4.69) is 20.8 Å². The van der Waals surface area contributed by atoms with Crippen molar-refractivity contribution in [2.45, 2.75) is 26.9 Å². The molecule has 0 atom stereocenters. The van der Waals surface area contributed by atoms with Gasteiger partial charge in [0.2, 0.25) is 0 Å². The summed E-state index contributed by atoms with van der Waals surface area (Å²) in [6.07, 6.45) is 1.68. The molecule has 21 heavy (non-hydrogen) atoms. The number of aromatic nitrogens is 3. The van der Waals surface area contributed by atoms with Crippen molar-refractivity contribution < 1.29 is 4.79 Å². The van der Waals surface area contributed by atoms with Crippen LogP contribution in [-0.4, -0.2) is 27.2 Å². The first-order valence-corrected chi connectivity index (χ1v) is 6.94. The fourth-order valence-electron chi connectivity index (χ4n) is 2.02. The first kappa shape index (κ1) is 14.8. The molecule has 0 unspecified atom stereocenters. The second-order valence-electron chi connectivity index (χ2n) is 4.55. The Hall–Kier alpha value is -2.57. The maximum atomic E-state index is 12.0. The number of aryl methyl sites for hydroxylation is 1. The number of nitrogens with one attached hydrogen (secondary N) is 2. The zero-order chi connectivity index (χ0) is 15.2. The van der Waals surface area contributed by atoms with Gasteiger partial charge in [0.15, 0.2) is 5.82 Å². The molecule has 7 heteroatoms. The SMILES string of the molecule is CCNC(=O)c1ccc(N)cc1NCc1nncn1CC. The Labute approximate surface area is 123 Å². The molecule has 1 aromatic heterocycles. The fourth-order valence-corrected chi connectivity index (χ4v) is 2.02. The Morgan fingerprint density at radius 3 is 2.90 bits per heavy atom. The number of rotatable bonds is 6. The molecule has 0 spiro atoms. The molecule has 0 saturated carbocycles. The van der Waals surface area contributed by atoms with Gasteiger partial charge < -0.3 is 20.9 Å². The van der Waals surface area contributed by atoms with Crippen molar-refractivity contribution in [1.29, 1.82) is 0 Å². The standard InChI is InChI=1S/C14H20N6O/c1-3-16-14(21)11-6-5-10(15)7-12(11)17-8-13-19-18-9-20(13)4-2/h5-7,9,17H,3-4,8,15H2,1-2H3,(H,16,21). The molecular weight excluding hydrogens is 268 g/mol. The number of carbonyl (C=O) groups is 1. The summed E-state index contributed by atoms with van der Waals surface area (Å²) in [4.78, 5) is 12.0. The molecule has 7 nitrogen and oxygen atoms in total. The maximum absolute atomic E-state index is 12.0. The number of hydrogen-bond donors (Lipinski definition) is 3. The van der Waals surface area contributed by atoms with E-state index in [-0.39, 0.29) is 5.91 Å². The topological polar surface area (TPSA) is 97.9 Å². The molecule has 2 rings (SSSR count). The van der Waals surface area contributed by atoms with Crippen LogP contribution in [0.1, 0.15) is 30.0 Å². The predicted molar refractivity (Wildman–Crippen MR) is 81.9 cm³/mol. The lowest BCUT2D eigenvalue weighted by Crippen LogP contribution is -2.24. The van der Waals surface area contributed by atoms with Gasteiger partial charge in [-0.05, 0) is 32.0 Å². The highest BCUT2D eigenvalue weighted by atomic mass is 16.1. The first-order valence-electron chi connectivity index (χ1n) is 6.94. The number of nitrogen functional groups attached to an aromatic ring is 1. The van der Waals surface area contributed by atoms with Crippen molar-refractivity contribution in [1.82, 2.24) is 20.1 Å².